The van der Waals surface area contributed by atoms with Gasteiger partial charge >= 0.3 is 0 Å². The van der Waals surface area contributed by atoms with E-state index in [4.69, 9.17) is 20.5 Å². The largest absolute Gasteiger partial charge is 0.256 e. The molecule has 0 radical (unpaired) electrons. The summed E-state index contributed by atoms with van der Waals surface area (Å²) in [7, 11) is 0. The number of rotatable bonds is 8. The molecule has 244 valence electrons. The van der Waals surface area contributed by atoms with Crippen molar-refractivity contribution in [3.63, 3.8) is 0 Å². The molecule has 0 atom stereocenters. The monoisotopic (exact) mass is 666 g/mol. The smallest absolute Gasteiger partial charge is 0.0991 e. The number of aliphatic imine (C=N–C) groups is 1. The first-order chi connectivity index (χ1) is 25.7. The maximum absolute atomic E-state index is 9.07. The van der Waals surface area contributed by atoms with Crippen LogP contribution in [0.25, 0.3) is 43.8 Å². The van der Waals surface area contributed by atoms with Crippen molar-refractivity contribution in [2.45, 2.75) is 0 Å². The number of benzene rings is 8. The number of fused-ring (bicyclic) bond motifs is 2. The van der Waals surface area contributed by atoms with Gasteiger partial charge in [-0.05, 0) is 76.3 Å². The summed E-state index contributed by atoms with van der Waals surface area (Å²) >= 11 is 0. The van der Waals surface area contributed by atoms with Crippen molar-refractivity contribution in [3.8, 4) is 28.3 Å². The SMILES string of the molecule is N#Cc1ccc(-c2ccc(N=Nc3ccc(N=Nc4ccc(N=Cc5ccc(-c6ccccc6)cc5)c5ccccc45)c4ccccc34)cc2)cc1. The molecule has 0 aliphatic rings. The molecule has 0 unspecified atom stereocenters. The molecular formula is C46H30N6. The molecule has 8 rings (SSSR count). The van der Waals surface area contributed by atoms with Gasteiger partial charge in [0.1, 0.15) is 0 Å². The van der Waals surface area contributed by atoms with Crippen molar-refractivity contribution < 1.29 is 0 Å². The maximum Gasteiger partial charge on any atom is 0.0991 e. The number of hydrogen-bond donors (Lipinski definition) is 0. The number of hydrogen-bond acceptors (Lipinski definition) is 6. The van der Waals surface area contributed by atoms with Crippen molar-refractivity contribution in [2.75, 3.05) is 0 Å². The Kier molecular flexibility index (Phi) is 8.97. The normalized spacial score (nSPS) is 11.6. The average Bonchev–Trinajstić information content (AvgIpc) is 3.22. The Hall–Kier alpha value is -7.36. The number of nitriles is 1. The van der Waals surface area contributed by atoms with Gasteiger partial charge in [-0.1, -0.05) is 127 Å². The Labute approximate surface area is 301 Å². The Morgan fingerprint density at radius 3 is 1.29 bits per heavy atom. The molecule has 0 spiro atoms. The minimum Gasteiger partial charge on any atom is -0.256 e. The van der Waals surface area contributed by atoms with Gasteiger partial charge in [-0.15, -0.1) is 15.3 Å². The second kappa shape index (κ2) is 14.6. The minimum atomic E-state index is 0.639. The Morgan fingerprint density at radius 1 is 0.365 bits per heavy atom. The van der Waals surface area contributed by atoms with E-state index in [1.165, 1.54) is 11.1 Å². The first-order valence-corrected chi connectivity index (χ1v) is 16.9. The van der Waals surface area contributed by atoms with Crippen LogP contribution in [0.4, 0.5) is 28.4 Å². The lowest BCUT2D eigenvalue weighted by Gasteiger charge is -2.07. The summed E-state index contributed by atoms with van der Waals surface area (Å²) in [5.74, 6) is 0. The molecule has 6 heteroatoms. The van der Waals surface area contributed by atoms with Crippen LogP contribution in [0.5, 0.6) is 0 Å². The molecule has 8 aromatic rings. The van der Waals surface area contributed by atoms with Gasteiger partial charge in [0.2, 0.25) is 0 Å². The van der Waals surface area contributed by atoms with Crippen LogP contribution in [0, 0.1) is 11.3 Å². The molecule has 8 aromatic carbocycles. The van der Waals surface area contributed by atoms with Gasteiger partial charge in [-0.25, -0.2) is 0 Å². The van der Waals surface area contributed by atoms with Crippen LogP contribution in [-0.2, 0) is 0 Å². The van der Waals surface area contributed by atoms with E-state index < -0.39 is 0 Å². The van der Waals surface area contributed by atoms with E-state index in [0.717, 1.165) is 66.7 Å². The van der Waals surface area contributed by atoms with Crippen molar-refractivity contribution in [1.29, 1.82) is 5.26 Å². The highest BCUT2D eigenvalue weighted by Crippen LogP contribution is 2.38. The summed E-state index contributed by atoms with van der Waals surface area (Å²) in [4.78, 5) is 4.85. The summed E-state index contributed by atoms with van der Waals surface area (Å²) in [5.41, 5.74) is 9.97. The van der Waals surface area contributed by atoms with Crippen molar-refractivity contribution in [2.24, 2.45) is 25.4 Å². The number of azo groups is 2. The molecule has 0 aliphatic heterocycles. The molecule has 0 aliphatic carbocycles. The fourth-order valence-corrected chi connectivity index (χ4v) is 6.12. The first-order valence-electron chi connectivity index (χ1n) is 16.9. The van der Waals surface area contributed by atoms with E-state index in [2.05, 4.69) is 77.0 Å². The molecule has 0 amide bonds. The zero-order valence-electron chi connectivity index (χ0n) is 28.0. The van der Waals surface area contributed by atoms with Crippen LogP contribution < -0.4 is 0 Å². The van der Waals surface area contributed by atoms with Gasteiger partial charge in [0.25, 0.3) is 0 Å². The third-order valence-corrected chi connectivity index (χ3v) is 8.88. The lowest BCUT2D eigenvalue weighted by molar-refractivity contribution is 1.23. The van der Waals surface area contributed by atoms with E-state index >= 15 is 0 Å². The molecule has 6 nitrogen and oxygen atoms in total. The van der Waals surface area contributed by atoms with Crippen LogP contribution in [0.1, 0.15) is 11.1 Å². The standard InChI is InChI=1S/C46H30N6/c47-30-32-14-18-36(19-15-32)37-22-24-38(25-23-37)49-50-44-28-29-46(42-13-7-6-12-41(42)44)52-51-45-27-26-43(39-10-4-5-11-40(39)45)48-31-33-16-20-35(21-17-33)34-8-2-1-3-9-34/h1-29,31H. The van der Waals surface area contributed by atoms with Crippen molar-refractivity contribution in [3.05, 3.63) is 187 Å². The van der Waals surface area contributed by atoms with Gasteiger partial charge in [0.05, 0.1) is 40.1 Å². The summed E-state index contributed by atoms with van der Waals surface area (Å²) in [6.45, 7) is 0. The van der Waals surface area contributed by atoms with Gasteiger partial charge in [0.15, 0.2) is 0 Å². The molecule has 0 heterocycles. The van der Waals surface area contributed by atoms with E-state index in [9.17, 15) is 0 Å². The molecule has 0 bridgehead atoms. The highest BCUT2D eigenvalue weighted by atomic mass is 15.1. The van der Waals surface area contributed by atoms with Crippen LogP contribution in [0.2, 0.25) is 0 Å². The van der Waals surface area contributed by atoms with E-state index in [-0.39, 0.29) is 0 Å². The third-order valence-electron chi connectivity index (χ3n) is 8.88. The predicted molar refractivity (Wildman–Crippen MR) is 212 cm³/mol. The fourth-order valence-electron chi connectivity index (χ4n) is 6.12. The van der Waals surface area contributed by atoms with E-state index in [1.54, 1.807) is 0 Å². The maximum atomic E-state index is 9.07. The molecular weight excluding hydrogens is 637 g/mol. The molecule has 0 saturated carbocycles. The van der Waals surface area contributed by atoms with Crippen LogP contribution in [-0.4, -0.2) is 6.21 Å². The molecule has 0 aromatic heterocycles. The minimum absolute atomic E-state index is 0.639. The van der Waals surface area contributed by atoms with Gasteiger partial charge in [0, 0.05) is 27.8 Å². The van der Waals surface area contributed by atoms with Crippen LogP contribution >= 0.6 is 0 Å². The molecule has 0 N–H and O–H groups in total. The lowest BCUT2D eigenvalue weighted by atomic mass is 10.0. The fraction of sp³-hybridized carbons (Fsp3) is 0. The average molecular weight is 667 g/mol. The summed E-state index contributed by atoms with van der Waals surface area (Å²) in [6, 6.07) is 60.3. The molecule has 52 heavy (non-hydrogen) atoms. The van der Waals surface area contributed by atoms with Crippen molar-refractivity contribution >= 4 is 56.2 Å². The van der Waals surface area contributed by atoms with Crippen LogP contribution in [0.3, 0.4) is 0 Å². The summed E-state index contributed by atoms with van der Waals surface area (Å²) in [5, 5.41) is 31.5. The molecule has 0 fully saturated rings. The van der Waals surface area contributed by atoms with Gasteiger partial charge in [-0.2, -0.15) is 10.4 Å². The second-order valence-corrected chi connectivity index (χ2v) is 12.2. The lowest BCUT2D eigenvalue weighted by Crippen LogP contribution is -1.83. The van der Waals surface area contributed by atoms with Gasteiger partial charge < -0.3 is 0 Å². The first kappa shape index (κ1) is 31.9. The van der Waals surface area contributed by atoms with Gasteiger partial charge in [-0.3, -0.25) is 4.99 Å². The summed E-state index contributed by atoms with van der Waals surface area (Å²) < 4.78 is 0. The quantitative estimate of drug-likeness (QED) is 0.117. The summed E-state index contributed by atoms with van der Waals surface area (Å²) in [6.07, 6.45) is 1.90. The Morgan fingerprint density at radius 2 is 0.769 bits per heavy atom. The third kappa shape index (κ3) is 6.88. The Balaban J connectivity index is 1.02. The highest BCUT2D eigenvalue weighted by molar-refractivity contribution is 6.02. The second-order valence-electron chi connectivity index (χ2n) is 12.2. The topological polar surface area (TPSA) is 85.6 Å². The Bertz CT molecular complexity index is 2650. The van der Waals surface area contributed by atoms with E-state index in [1.807, 2.05) is 121 Å². The van der Waals surface area contributed by atoms with Crippen molar-refractivity contribution in [1.82, 2.24) is 0 Å². The zero-order chi connectivity index (χ0) is 35.1. The predicted octanol–water partition coefficient (Wildman–Crippen LogP) is 13.8. The number of nitrogens with zero attached hydrogens (tertiary/aromatic N) is 6. The molecule has 0 saturated heterocycles. The highest BCUT2D eigenvalue weighted by Gasteiger charge is 2.08. The van der Waals surface area contributed by atoms with E-state index in [0.29, 0.717) is 5.56 Å². The van der Waals surface area contributed by atoms with Crippen LogP contribution in [0.15, 0.2) is 201 Å². The zero-order valence-corrected chi connectivity index (χ0v) is 28.0.